The molecule has 3 unspecified atom stereocenters. The zero-order chi connectivity index (χ0) is 72.5. The number of H-pyrrole nitrogens is 5. The van der Waals surface area contributed by atoms with E-state index in [0.29, 0.717) is 54.0 Å². The molecule has 0 aliphatic heterocycles. The number of halogens is 1. The topological polar surface area (TPSA) is 186 Å². The summed E-state index contributed by atoms with van der Waals surface area (Å²) in [5.74, 6) is -0.203. The first kappa shape index (κ1) is 72.9. The zero-order valence-corrected chi connectivity index (χ0v) is 58.6. The number of aliphatic hydroxyl groups excluding tert-OH is 1. The van der Waals surface area contributed by atoms with E-state index in [1.807, 2.05) is 160 Å². The molecule has 510 valence electrons. The number of fused-ring (bicyclic) bond motifs is 5. The van der Waals surface area contributed by atoms with Crippen molar-refractivity contribution in [3.05, 3.63) is 355 Å². The second-order valence-electron chi connectivity index (χ2n) is 23.8. The monoisotopic (exact) mass is 1420 g/mol. The van der Waals surface area contributed by atoms with Crippen molar-refractivity contribution in [2.24, 2.45) is 0 Å². The van der Waals surface area contributed by atoms with Crippen LogP contribution in [0.15, 0.2) is 254 Å². The summed E-state index contributed by atoms with van der Waals surface area (Å²) >= 11 is 3.36. The number of ether oxygens (including phenoxy) is 2. The fraction of sp³-hybridized carbons (Fsp3) is 0.151. The Morgan fingerprint density at radius 2 is 0.796 bits per heavy atom. The molecule has 0 fully saturated rings. The van der Waals surface area contributed by atoms with Crippen LogP contribution < -0.4 is 5.32 Å². The van der Waals surface area contributed by atoms with Gasteiger partial charge in [0, 0.05) is 120 Å². The molecule has 5 aromatic heterocycles. The number of aromatic amines is 5. The Labute approximate surface area is 606 Å². The number of carbonyl (C=O) groups excluding carboxylic acids is 2. The van der Waals surface area contributed by atoms with Crippen LogP contribution in [0.5, 0.6) is 0 Å². The summed E-state index contributed by atoms with van der Waals surface area (Å²) in [5, 5.41) is 17.3. The number of benzene rings is 9. The average Bonchev–Trinajstić information content (AvgIpc) is 1.79. The Morgan fingerprint density at radius 3 is 1.19 bits per heavy atom. The first-order valence-electron chi connectivity index (χ1n) is 33.5. The molecule has 14 aromatic rings. The van der Waals surface area contributed by atoms with Gasteiger partial charge in [0.05, 0.1) is 52.5 Å². The van der Waals surface area contributed by atoms with Crippen molar-refractivity contribution < 1.29 is 24.2 Å². The van der Waals surface area contributed by atoms with Crippen LogP contribution in [0.25, 0.3) is 84.3 Å². The molecule has 0 aliphatic carbocycles. The van der Waals surface area contributed by atoms with Crippen molar-refractivity contribution in [1.29, 1.82) is 0 Å². The first-order chi connectivity index (χ1) is 50.4. The third-order valence-electron chi connectivity index (χ3n) is 17.5. The maximum atomic E-state index is 12.1. The molecule has 14 rings (SSSR count). The second kappa shape index (κ2) is 36.3. The van der Waals surface area contributed by atoms with Gasteiger partial charge in [0.2, 0.25) is 28.4 Å². The predicted octanol–water partition coefficient (Wildman–Crippen LogP) is 21.7. The molecule has 3 atom stereocenters. The van der Waals surface area contributed by atoms with Gasteiger partial charge in [-0.25, -0.2) is 29.0 Å². The Hall–Kier alpha value is -12.8. The molecule has 17 heteroatoms. The highest BCUT2D eigenvalue weighted by atomic mass is 79.9. The minimum Gasteiger partial charge on any atom is -0.466 e. The molecule has 0 amide bonds. The Morgan fingerprint density at radius 1 is 0.437 bits per heavy atom. The number of nitrogens with one attached hydrogen (secondary N) is 6. The summed E-state index contributed by atoms with van der Waals surface area (Å²) < 4.78 is 11.2. The van der Waals surface area contributed by atoms with Crippen LogP contribution in [0.1, 0.15) is 95.4 Å². The lowest BCUT2D eigenvalue weighted by Gasteiger charge is -2.18. The number of nitrogens with zero attached hydrogens (tertiary/aromatic N) is 5. The van der Waals surface area contributed by atoms with E-state index in [1.54, 1.807) is 37.9 Å². The number of esters is 2. The number of rotatable bonds is 18. The molecule has 5 heterocycles. The molecule has 9 aromatic carbocycles. The number of aliphatic hydroxyl groups is 1. The van der Waals surface area contributed by atoms with Crippen molar-refractivity contribution in [3.8, 4) is 0 Å². The lowest BCUT2D eigenvalue weighted by molar-refractivity contribution is -0.143. The van der Waals surface area contributed by atoms with E-state index in [9.17, 15) is 14.7 Å². The number of carbonyl (C=O) groups is 2. The number of hydrogen-bond acceptors (Lipinski definition) is 6. The third-order valence-corrected chi connectivity index (χ3v) is 18.0. The molecule has 16 nitrogen and oxygen atoms in total. The van der Waals surface area contributed by atoms with Crippen molar-refractivity contribution in [2.75, 3.05) is 33.4 Å². The summed E-state index contributed by atoms with van der Waals surface area (Å²) in [5.41, 5.74) is 17.5. The van der Waals surface area contributed by atoms with Crippen LogP contribution in [-0.2, 0) is 19.1 Å². The second-order valence-corrected chi connectivity index (χ2v) is 24.7. The van der Waals surface area contributed by atoms with Gasteiger partial charge in [-0.3, -0.25) is 4.79 Å². The molecule has 0 spiro atoms. The maximum absolute atomic E-state index is 12.1. The Kier molecular flexibility index (Phi) is 25.7. The van der Waals surface area contributed by atoms with Crippen molar-refractivity contribution in [2.45, 2.75) is 50.9 Å². The van der Waals surface area contributed by atoms with Crippen LogP contribution in [-0.4, -0.2) is 75.4 Å². The van der Waals surface area contributed by atoms with Gasteiger partial charge in [0.15, 0.2) is 0 Å². The molecule has 0 aliphatic rings. The molecule has 0 saturated heterocycles. The standard InChI is InChI=1S/C20H18N2O2.C20H16N2O2.C19H19N3.C18H16N2O.C9H5BrN2/c2*1-3-24-20(23)12-16(14-7-5-4-6-8-14)15-9-10-18-17(11-15)19(21-2)13-22-18;1-20-11-10-16(14-6-4-3-5-7-14)15-8-9-18-17(12-15)19(21-2)13-22-18;1-19-18-12-20-17-8-7-14(11-16(17)18)15(9-10-21)13-5-3-2-4-6-13;1-11-9-5-12-8-3-2-6(10)4-7(8)9/h4-11,13,16,22H,3,12H2,1H3;4-13,22H,3H2,1H3;3-9,12-13,16,20,22H,10-11H2,1H3;2-8,11-12,15,20-21H,9-10H2;2-5,12H/b;16-12-;;;. The summed E-state index contributed by atoms with van der Waals surface area (Å²) in [6.45, 7) is 41.4. The summed E-state index contributed by atoms with van der Waals surface area (Å²) in [7, 11) is 1.98. The molecular weight excluding hydrogens is 1350 g/mol. The maximum Gasteiger partial charge on any atom is 0.331 e. The van der Waals surface area contributed by atoms with Gasteiger partial charge in [-0.05, 0) is 133 Å². The van der Waals surface area contributed by atoms with Gasteiger partial charge in [-0.1, -0.05) is 186 Å². The van der Waals surface area contributed by atoms with Crippen LogP contribution >= 0.6 is 15.9 Å². The Balaban J connectivity index is 0.000000140. The zero-order valence-electron chi connectivity index (χ0n) is 57.0. The van der Waals surface area contributed by atoms with E-state index in [0.717, 1.165) is 105 Å². The fourth-order valence-corrected chi connectivity index (χ4v) is 12.8. The quantitative estimate of drug-likeness (QED) is 0.0255. The molecule has 0 bridgehead atoms. The van der Waals surface area contributed by atoms with Crippen molar-refractivity contribution >= 4 is 116 Å². The van der Waals surface area contributed by atoms with Crippen molar-refractivity contribution in [1.82, 2.24) is 30.2 Å². The Bertz CT molecular complexity index is 5450. The van der Waals surface area contributed by atoms with E-state index in [4.69, 9.17) is 42.3 Å². The van der Waals surface area contributed by atoms with Gasteiger partial charge in [0.1, 0.15) is 0 Å². The first-order valence-corrected chi connectivity index (χ1v) is 34.3. The van der Waals surface area contributed by atoms with Gasteiger partial charge in [0.25, 0.3) is 0 Å². The molecular formula is C86H74BrN11O5. The van der Waals surface area contributed by atoms with E-state index in [2.05, 4.69) is 137 Å². The summed E-state index contributed by atoms with van der Waals surface area (Å²) in [6.07, 6.45) is 12.1. The average molecular weight is 1420 g/mol. The van der Waals surface area contributed by atoms with Crippen LogP contribution in [0.3, 0.4) is 0 Å². The van der Waals surface area contributed by atoms with E-state index in [1.165, 1.54) is 22.8 Å². The highest BCUT2D eigenvalue weighted by Gasteiger charge is 2.22. The minimum atomic E-state index is -0.379. The highest BCUT2D eigenvalue weighted by Crippen LogP contribution is 2.38. The lowest BCUT2D eigenvalue weighted by atomic mass is 9.88. The molecule has 0 saturated carbocycles. The van der Waals surface area contributed by atoms with E-state index < -0.39 is 0 Å². The largest absolute Gasteiger partial charge is 0.466 e. The number of hydrogen-bond donors (Lipinski definition) is 7. The minimum absolute atomic E-state index is 0.0943. The van der Waals surface area contributed by atoms with Gasteiger partial charge in [-0.15, -0.1) is 0 Å². The molecule has 103 heavy (non-hydrogen) atoms. The normalized spacial score (nSPS) is 11.6. The van der Waals surface area contributed by atoms with Crippen molar-refractivity contribution in [3.63, 3.8) is 0 Å². The molecule has 0 radical (unpaired) electrons. The van der Waals surface area contributed by atoms with Gasteiger partial charge in [-0.2, -0.15) is 0 Å². The predicted molar refractivity (Wildman–Crippen MR) is 417 cm³/mol. The number of aromatic nitrogens is 5. The van der Waals surface area contributed by atoms with E-state index in [-0.39, 0.29) is 36.8 Å². The van der Waals surface area contributed by atoms with Crippen LogP contribution in [0.4, 0.5) is 28.4 Å². The smallest absolute Gasteiger partial charge is 0.331 e. The van der Waals surface area contributed by atoms with Gasteiger partial charge >= 0.3 is 11.9 Å². The van der Waals surface area contributed by atoms with E-state index >= 15 is 0 Å². The fourth-order valence-electron chi connectivity index (χ4n) is 12.4. The molecule has 7 N–H and O–H groups in total. The SMILES string of the molecule is [C-]#[N+]c1c[nH]c2ccc(/C(=C\C(=O)OCC)c3ccccc3)cc12.[C-]#[N+]c1c[nH]c2ccc(Br)cc12.[C-]#[N+]c1c[nH]c2ccc(C(CC(=O)OCC)c3ccccc3)cc12.[C-]#[N+]c1c[nH]c2ccc(C(CCNC)c3ccccc3)cc12.[C-]#[N+]c1c[nH]c2ccc(C(CCO)c3ccccc3)cc12. The summed E-state index contributed by atoms with van der Waals surface area (Å²) in [4.78, 5) is 57.2. The summed E-state index contributed by atoms with van der Waals surface area (Å²) in [6, 6.07) is 70.5. The van der Waals surface area contributed by atoms with Crippen LogP contribution in [0.2, 0.25) is 0 Å². The van der Waals surface area contributed by atoms with Gasteiger partial charge < -0.3 is 44.8 Å². The third kappa shape index (κ3) is 18.4. The van der Waals surface area contributed by atoms with Crippen LogP contribution in [0, 0.1) is 32.9 Å². The lowest BCUT2D eigenvalue weighted by Crippen LogP contribution is -2.13. The highest BCUT2D eigenvalue weighted by molar-refractivity contribution is 9.10.